The SMILES string of the molecule is OC(c1cccnc1)(c1ncccn1)C(c1cccnc1)c1cccnc1. The Morgan fingerprint density at radius 1 is 0.667 bits per heavy atom. The fourth-order valence-corrected chi connectivity index (χ4v) is 3.28. The number of rotatable bonds is 5. The van der Waals surface area contributed by atoms with Crippen LogP contribution in [0.4, 0.5) is 0 Å². The topological polar surface area (TPSA) is 84.7 Å². The van der Waals surface area contributed by atoms with Crippen molar-refractivity contribution in [1.82, 2.24) is 24.9 Å². The van der Waals surface area contributed by atoms with Crippen molar-refractivity contribution in [2.45, 2.75) is 11.5 Å². The first-order valence-electron chi connectivity index (χ1n) is 8.50. The highest BCUT2D eigenvalue weighted by molar-refractivity contribution is 5.42. The molecule has 27 heavy (non-hydrogen) atoms. The lowest BCUT2D eigenvalue weighted by Crippen LogP contribution is -2.37. The van der Waals surface area contributed by atoms with Crippen LogP contribution in [0.25, 0.3) is 0 Å². The molecule has 4 aromatic rings. The van der Waals surface area contributed by atoms with Gasteiger partial charge >= 0.3 is 0 Å². The predicted octanol–water partition coefficient (Wildman–Crippen LogP) is 2.73. The predicted molar refractivity (Wildman–Crippen MR) is 99.6 cm³/mol. The van der Waals surface area contributed by atoms with Gasteiger partial charge in [0.25, 0.3) is 0 Å². The van der Waals surface area contributed by atoms with Crippen molar-refractivity contribution < 1.29 is 5.11 Å². The number of aliphatic hydroxyl groups is 1. The third kappa shape index (κ3) is 3.18. The molecular weight excluding hydrogens is 338 g/mol. The average molecular weight is 355 g/mol. The van der Waals surface area contributed by atoms with Crippen LogP contribution in [0.15, 0.2) is 92.0 Å². The van der Waals surface area contributed by atoms with E-state index < -0.39 is 11.5 Å². The summed E-state index contributed by atoms with van der Waals surface area (Å²) >= 11 is 0. The number of nitrogens with zero attached hydrogens (tertiary/aromatic N) is 5. The van der Waals surface area contributed by atoms with Crippen LogP contribution in [0.1, 0.15) is 28.4 Å². The summed E-state index contributed by atoms with van der Waals surface area (Å²) in [6.45, 7) is 0. The minimum absolute atomic E-state index is 0.288. The molecule has 0 fully saturated rings. The molecular formula is C21H17N5O. The molecule has 1 N–H and O–H groups in total. The summed E-state index contributed by atoms with van der Waals surface area (Å²) in [5.74, 6) is -0.234. The van der Waals surface area contributed by atoms with Crippen molar-refractivity contribution in [2.24, 2.45) is 0 Å². The van der Waals surface area contributed by atoms with Crippen LogP contribution >= 0.6 is 0 Å². The van der Waals surface area contributed by atoms with Gasteiger partial charge in [-0.05, 0) is 35.4 Å². The smallest absolute Gasteiger partial charge is 0.165 e. The standard InChI is InChI=1S/C21H17N5O/c27-21(18-7-3-10-24-15-18,20-25-11-4-12-26-20)19(16-5-1-8-22-13-16)17-6-2-9-23-14-17/h1-15,19,27H. The Balaban J connectivity index is 2.01. The number of pyridine rings is 3. The molecule has 4 heterocycles. The van der Waals surface area contributed by atoms with E-state index in [0.717, 1.165) is 11.1 Å². The summed E-state index contributed by atoms with van der Waals surface area (Å²) in [6.07, 6.45) is 13.4. The van der Waals surface area contributed by atoms with Gasteiger partial charge in [0.15, 0.2) is 11.4 Å². The zero-order valence-corrected chi connectivity index (χ0v) is 14.4. The van der Waals surface area contributed by atoms with Crippen molar-refractivity contribution in [3.63, 3.8) is 0 Å². The van der Waals surface area contributed by atoms with E-state index in [1.165, 1.54) is 0 Å². The van der Waals surface area contributed by atoms with Crippen LogP contribution in [-0.2, 0) is 5.60 Å². The van der Waals surface area contributed by atoms with Gasteiger partial charge in [0.2, 0.25) is 0 Å². The van der Waals surface area contributed by atoms with Gasteiger partial charge in [-0.1, -0.05) is 18.2 Å². The number of aromatic nitrogens is 5. The van der Waals surface area contributed by atoms with Crippen LogP contribution in [0.2, 0.25) is 0 Å². The normalized spacial score (nSPS) is 13.3. The minimum Gasteiger partial charge on any atom is -0.376 e. The Hall–Kier alpha value is -3.51. The summed E-state index contributed by atoms with van der Waals surface area (Å²) in [7, 11) is 0. The Morgan fingerprint density at radius 2 is 1.22 bits per heavy atom. The highest BCUT2D eigenvalue weighted by atomic mass is 16.3. The maximum absolute atomic E-state index is 12.1. The molecule has 0 spiro atoms. The van der Waals surface area contributed by atoms with Gasteiger partial charge in [0, 0.05) is 55.1 Å². The summed E-state index contributed by atoms with van der Waals surface area (Å²) in [5.41, 5.74) is 0.684. The largest absolute Gasteiger partial charge is 0.376 e. The van der Waals surface area contributed by atoms with Crippen molar-refractivity contribution >= 4 is 0 Å². The fourth-order valence-electron chi connectivity index (χ4n) is 3.28. The fraction of sp³-hybridized carbons (Fsp3) is 0.0952. The van der Waals surface area contributed by atoms with E-state index in [9.17, 15) is 5.11 Å². The molecule has 4 rings (SSSR count). The molecule has 0 saturated carbocycles. The van der Waals surface area contributed by atoms with Gasteiger partial charge in [-0.2, -0.15) is 0 Å². The Labute approximate surface area is 156 Å². The summed E-state index contributed by atoms with van der Waals surface area (Å²) in [5, 5.41) is 12.1. The highest BCUT2D eigenvalue weighted by Gasteiger charge is 2.45. The monoisotopic (exact) mass is 355 g/mol. The lowest BCUT2D eigenvalue weighted by atomic mass is 9.74. The molecule has 1 unspecified atom stereocenters. The molecule has 0 bridgehead atoms. The first-order valence-corrected chi connectivity index (χ1v) is 8.50. The van der Waals surface area contributed by atoms with Gasteiger partial charge < -0.3 is 5.11 Å². The van der Waals surface area contributed by atoms with Crippen molar-refractivity contribution in [3.8, 4) is 0 Å². The molecule has 4 aromatic heterocycles. The molecule has 0 aliphatic heterocycles. The van der Waals surface area contributed by atoms with E-state index >= 15 is 0 Å². The molecule has 0 saturated heterocycles. The lowest BCUT2D eigenvalue weighted by molar-refractivity contribution is 0.0525. The van der Waals surface area contributed by atoms with E-state index in [-0.39, 0.29) is 5.82 Å². The lowest BCUT2D eigenvalue weighted by Gasteiger charge is -2.35. The number of hydrogen-bond donors (Lipinski definition) is 1. The first kappa shape index (κ1) is 16.9. The van der Waals surface area contributed by atoms with Crippen LogP contribution in [0.5, 0.6) is 0 Å². The maximum Gasteiger partial charge on any atom is 0.165 e. The van der Waals surface area contributed by atoms with Gasteiger partial charge in [-0.3, -0.25) is 15.0 Å². The van der Waals surface area contributed by atoms with Crippen molar-refractivity contribution in [1.29, 1.82) is 0 Å². The summed E-state index contributed by atoms with van der Waals surface area (Å²) in [4.78, 5) is 21.4. The second-order valence-electron chi connectivity index (χ2n) is 6.09. The van der Waals surface area contributed by atoms with Crippen LogP contribution in [0.3, 0.4) is 0 Å². The molecule has 0 aromatic carbocycles. The van der Waals surface area contributed by atoms with Crippen LogP contribution in [0, 0.1) is 0 Å². The van der Waals surface area contributed by atoms with Gasteiger partial charge in [-0.15, -0.1) is 0 Å². The van der Waals surface area contributed by atoms with E-state index in [1.54, 1.807) is 61.7 Å². The Bertz CT molecular complexity index is 903. The highest BCUT2D eigenvalue weighted by Crippen LogP contribution is 2.44. The zero-order valence-electron chi connectivity index (χ0n) is 14.4. The average Bonchev–Trinajstić information content (AvgIpc) is 2.76. The molecule has 6 heteroatoms. The van der Waals surface area contributed by atoms with Gasteiger partial charge in [-0.25, -0.2) is 9.97 Å². The second kappa shape index (κ2) is 7.39. The zero-order chi connectivity index (χ0) is 18.5. The third-order valence-electron chi connectivity index (χ3n) is 4.46. The molecule has 6 nitrogen and oxygen atoms in total. The third-order valence-corrected chi connectivity index (χ3v) is 4.46. The van der Waals surface area contributed by atoms with Crippen molar-refractivity contribution in [2.75, 3.05) is 0 Å². The quantitative estimate of drug-likeness (QED) is 0.592. The van der Waals surface area contributed by atoms with E-state index in [1.807, 2.05) is 30.3 Å². The summed E-state index contributed by atoms with van der Waals surface area (Å²) in [6, 6.07) is 12.9. The van der Waals surface area contributed by atoms with Crippen molar-refractivity contribution in [3.05, 3.63) is 115 Å². The molecule has 132 valence electrons. The number of hydrogen-bond acceptors (Lipinski definition) is 6. The minimum atomic E-state index is -1.55. The maximum atomic E-state index is 12.1. The van der Waals surface area contributed by atoms with E-state index in [2.05, 4.69) is 24.9 Å². The molecule has 1 atom stereocenters. The van der Waals surface area contributed by atoms with Crippen LogP contribution in [-0.4, -0.2) is 30.0 Å². The Morgan fingerprint density at radius 3 is 1.70 bits per heavy atom. The van der Waals surface area contributed by atoms with Gasteiger partial charge in [0.05, 0.1) is 5.92 Å². The molecule has 0 radical (unpaired) electrons. The van der Waals surface area contributed by atoms with E-state index in [4.69, 9.17) is 0 Å². The van der Waals surface area contributed by atoms with Gasteiger partial charge in [0.1, 0.15) is 0 Å². The molecule has 0 amide bonds. The molecule has 0 aliphatic rings. The first-order chi connectivity index (χ1) is 13.3. The second-order valence-corrected chi connectivity index (χ2v) is 6.09. The molecule has 0 aliphatic carbocycles. The van der Waals surface area contributed by atoms with E-state index in [0.29, 0.717) is 5.56 Å². The van der Waals surface area contributed by atoms with Crippen LogP contribution < -0.4 is 0 Å². The summed E-state index contributed by atoms with van der Waals surface area (Å²) < 4.78 is 0. The Kier molecular flexibility index (Phi) is 4.63.